The van der Waals surface area contributed by atoms with E-state index >= 15 is 0 Å². The quantitative estimate of drug-likeness (QED) is 0.730. The van der Waals surface area contributed by atoms with Gasteiger partial charge < -0.3 is 4.90 Å². The third-order valence-electron chi connectivity index (χ3n) is 4.55. The molecule has 0 atom stereocenters. The predicted octanol–water partition coefficient (Wildman–Crippen LogP) is 2.00. The molecule has 1 amide bonds. The van der Waals surface area contributed by atoms with Gasteiger partial charge in [-0.05, 0) is 24.0 Å². The molecular weight excluding hydrogens is 319 g/mol. The molecule has 1 aromatic rings. The zero-order valence-corrected chi connectivity index (χ0v) is 12.4. The van der Waals surface area contributed by atoms with Gasteiger partial charge in [-0.3, -0.25) is 4.79 Å². The maximum absolute atomic E-state index is 12.5. The minimum Gasteiger partial charge on any atom is -0.335 e. The van der Waals surface area contributed by atoms with Gasteiger partial charge in [-0.1, -0.05) is 24.3 Å². The smallest absolute Gasteiger partial charge is 0.335 e. The number of alkyl halides is 3. The average Bonchev–Trinajstić information content (AvgIpc) is 2.66. The van der Waals surface area contributed by atoms with E-state index in [1.807, 2.05) is 0 Å². The second-order valence-electron chi connectivity index (χ2n) is 5.70. The van der Waals surface area contributed by atoms with Crippen LogP contribution in [0.4, 0.5) is 13.2 Å². The minimum absolute atomic E-state index is 0.00810. The number of nitrogens with zero attached hydrogens (tertiary/aromatic N) is 1. The lowest BCUT2D eigenvalue weighted by Crippen LogP contribution is -2.50. The van der Waals surface area contributed by atoms with Crippen molar-refractivity contribution in [2.75, 3.05) is 13.1 Å². The van der Waals surface area contributed by atoms with E-state index in [2.05, 4.69) is 0 Å². The summed E-state index contributed by atoms with van der Waals surface area (Å²) < 4.78 is 61.4. The monoisotopic (exact) mass is 333 g/mol. The number of fused-ring (bicyclic) bond motifs is 2. The first-order valence-corrected chi connectivity index (χ1v) is 8.49. The Balaban J connectivity index is 1.90. The van der Waals surface area contributed by atoms with Crippen LogP contribution < -0.4 is 0 Å². The van der Waals surface area contributed by atoms with Crippen molar-refractivity contribution in [1.82, 2.24) is 4.90 Å². The number of carbonyl (C=O) groups is 1. The van der Waals surface area contributed by atoms with Crippen molar-refractivity contribution in [3.05, 3.63) is 35.4 Å². The largest absolute Gasteiger partial charge is 0.471 e. The minimum atomic E-state index is -4.92. The van der Waals surface area contributed by atoms with Crippen LogP contribution in [0.1, 0.15) is 24.0 Å². The Bertz CT molecular complexity index is 719. The summed E-state index contributed by atoms with van der Waals surface area (Å²) in [4.78, 5) is 12.0. The van der Waals surface area contributed by atoms with Crippen LogP contribution in [-0.4, -0.2) is 38.5 Å². The van der Waals surface area contributed by atoms with Crippen LogP contribution in [0.15, 0.2) is 24.3 Å². The maximum Gasteiger partial charge on any atom is 0.471 e. The van der Waals surface area contributed by atoms with Gasteiger partial charge in [-0.25, -0.2) is 8.42 Å². The molecule has 22 heavy (non-hydrogen) atoms. The molecule has 4 nitrogen and oxygen atoms in total. The van der Waals surface area contributed by atoms with Crippen LogP contribution in [0.2, 0.25) is 0 Å². The van der Waals surface area contributed by atoms with E-state index < -0.39 is 26.7 Å². The molecule has 0 bridgehead atoms. The number of hydrogen-bond donors (Lipinski definition) is 0. The van der Waals surface area contributed by atoms with Gasteiger partial charge in [0.2, 0.25) is 0 Å². The normalized spacial score (nSPS) is 22.6. The highest BCUT2D eigenvalue weighted by molar-refractivity contribution is 7.92. The number of hydrogen-bond acceptors (Lipinski definition) is 3. The topological polar surface area (TPSA) is 54.5 Å². The molecule has 8 heteroatoms. The summed E-state index contributed by atoms with van der Waals surface area (Å²) >= 11 is 0. The van der Waals surface area contributed by atoms with Gasteiger partial charge in [0.05, 0.1) is 5.75 Å². The summed E-state index contributed by atoms with van der Waals surface area (Å²) in [7, 11) is -3.47. The third kappa shape index (κ3) is 2.12. The molecule has 1 aromatic carbocycles. The Morgan fingerprint density at radius 1 is 1.14 bits per heavy atom. The summed E-state index contributed by atoms with van der Waals surface area (Å²) in [5.41, 5.74) is 1.38. The zero-order chi connectivity index (χ0) is 16.2. The Morgan fingerprint density at radius 3 is 2.32 bits per heavy atom. The van der Waals surface area contributed by atoms with Crippen molar-refractivity contribution in [2.45, 2.75) is 29.5 Å². The summed E-state index contributed by atoms with van der Waals surface area (Å²) in [6.45, 7) is -0.405. The lowest BCUT2D eigenvalue weighted by Gasteiger charge is -2.39. The fraction of sp³-hybridized carbons (Fsp3) is 0.500. The van der Waals surface area contributed by atoms with Crippen LogP contribution in [0.25, 0.3) is 0 Å². The zero-order valence-electron chi connectivity index (χ0n) is 11.6. The van der Waals surface area contributed by atoms with E-state index in [1.54, 1.807) is 24.3 Å². The van der Waals surface area contributed by atoms with Crippen molar-refractivity contribution < 1.29 is 26.4 Å². The molecular formula is C14H14F3NO3S. The first-order chi connectivity index (χ1) is 10.2. The molecule has 3 rings (SSSR count). The Hall–Kier alpha value is -1.57. The maximum atomic E-state index is 12.5. The van der Waals surface area contributed by atoms with Gasteiger partial charge in [0.15, 0.2) is 9.84 Å². The molecule has 0 aliphatic carbocycles. The lowest BCUT2D eigenvalue weighted by atomic mass is 9.86. The molecule has 0 radical (unpaired) electrons. The van der Waals surface area contributed by atoms with E-state index in [0.717, 1.165) is 0 Å². The van der Waals surface area contributed by atoms with E-state index in [-0.39, 0.29) is 31.7 Å². The Labute approximate surface area is 125 Å². The van der Waals surface area contributed by atoms with Crippen LogP contribution in [0.3, 0.4) is 0 Å². The van der Waals surface area contributed by atoms with Crippen molar-refractivity contribution in [3.8, 4) is 0 Å². The SMILES string of the molecule is O=C(N1CCC2(CC1)c1ccccc1CS2(=O)=O)C(F)(F)F. The van der Waals surface area contributed by atoms with Gasteiger partial charge in [-0.2, -0.15) is 13.2 Å². The number of sulfone groups is 1. The number of benzene rings is 1. The van der Waals surface area contributed by atoms with Crippen LogP contribution in [0, 0.1) is 0 Å². The number of rotatable bonds is 0. The lowest BCUT2D eigenvalue weighted by molar-refractivity contribution is -0.186. The number of amides is 1. The highest BCUT2D eigenvalue weighted by Gasteiger charge is 2.54. The average molecular weight is 333 g/mol. The standard InChI is InChI=1S/C14H14F3NO3S/c15-14(16,17)12(19)18-7-5-13(6-8-18)11-4-2-1-3-10(11)9-22(13,20)21/h1-4H,5-9H2. The second kappa shape index (κ2) is 4.71. The number of halogens is 3. The molecule has 1 saturated heterocycles. The molecule has 2 aliphatic heterocycles. The highest BCUT2D eigenvalue weighted by atomic mass is 32.2. The third-order valence-corrected chi connectivity index (χ3v) is 7.06. The van der Waals surface area contributed by atoms with E-state index in [1.165, 1.54) is 0 Å². The fourth-order valence-corrected chi connectivity index (χ4v) is 5.71. The van der Waals surface area contributed by atoms with Gasteiger partial charge in [0.1, 0.15) is 4.75 Å². The van der Waals surface area contributed by atoms with Crippen molar-refractivity contribution in [1.29, 1.82) is 0 Å². The van der Waals surface area contributed by atoms with Crippen LogP contribution in [0.5, 0.6) is 0 Å². The van der Waals surface area contributed by atoms with Crippen molar-refractivity contribution in [2.24, 2.45) is 0 Å². The molecule has 1 fully saturated rings. The van der Waals surface area contributed by atoms with Crippen molar-refractivity contribution in [3.63, 3.8) is 0 Å². The Kier molecular flexibility index (Phi) is 3.28. The van der Waals surface area contributed by atoms with Gasteiger partial charge in [0.25, 0.3) is 0 Å². The second-order valence-corrected chi connectivity index (χ2v) is 8.00. The van der Waals surface area contributed by atoms with E-state index in [4.69, 9.17) is 0 Å². The summed E-state index contributed by atoms with van der Waals surface area (Å²) in [6, 6.07) is 6.93. The Morgan fingerprint density at radius 2 is 1.73 bits per heavy atom. The van der Waals surface area contributed by atoms with Crippen molar-refractivity contribution >= 4 is 15.7 Å². The number of likely N-dealkylation sites (tertiary alicyclic amines) is 1. The molecule has 0 saturated carbocycles. The molecule has 0 aromatic heterocycles. The molecule has 0 N–H and O–H groups in total. The summed E-state index contributed by atoms with van der Waals surface area (Å²) in [5, 5.41) is 0. The first kappa shape index (κ1) is 15.3. The predicted molar refractivity (Wildman–Crippen MR) is 72.6 cm³/mol. The molecule has 2 heterocycles. The van der Waals surface area contributed by atoms with E-state index in [9.17, 15) is 26.4 Å². The molecule has 0 unspecified atom stereocenters. The van der Waals surface area contributed by atoms with Crippen LogP contribution >= 0.6 is 0 Å². The number of carbonyl (C=O) groups excluding carboxylic acids is 1. The highest BCUT2D eigenvalue weighted by Crippen LogP contribution is 2.48. The molecule has 2 aliphatic rings. The molecule has 1 spiro atoms. The van der Waals surface area contributed by atoms with Crippen LogP contribution in [-0.2, 0) is 25.1 Å². The summed E-state index contributed by atoms with van der Waals surface area (Å²) in [5.74, 6) is -1.98. The first-order valence-electron chi connectivity index (χ1n) is 6.84. The van der Waals surface area contributed by atoms with Gasteiger partial charge >= 0.3 is 12.1 Å². The fourth-order valence-electron chi connectivity index (χ4n) is 3.43. The van der Waals surface area contributed by atoms with Gasteiger partial charge in [0, 0.05) is 13.1 Å². The van der Waals surface area contributed by atoms with Gasteiger partial charge in [-0.15, -0.1) is 0 Å². The number of piperidine rings is 1. The molecule has 120 valence electrons. The summed E-state index contributed by atoms with van der Waals surface area (Å²) in [6.07, 6.45) is -4.90. The van der Waals surface area contributed by atoms with E-state index in [0.29, 0.717) is 16.0 Å².